The maximum Gasteiger partial charge on any atom is 0.255 e. The van der Waals surface area contributed by atoms with Gasteiger partial charge in [0.1, 0.15) is 5.52 Å². The Morgan fingerprint density at radius 2 is 2.04 bits per heavy atom. The smallest absolute Gasteiger partial charge is 0.255 e. The summed E-state index contributed by atoms with van der Waals surface area (Å²) in [5, 5.41) is 4.04. The highest BCUT2D eigenvalue weighted by Crippen LogP contribution is 2.28. The summed E-state index contributed by atoms with van der Waals surface area (Å²) in [5.74, 6) is 1.90. The van der Waals surface area contributed by atoms with Crippen molar-refractivity contribution in [1.29, 1.82) is 0 Å². The van der Waals surface area contributed by atoms with Crippen LogP contribution < -0.4 is 0 Å². The van der Waals surface area contributed by atoms with Crippen molar-refractivity contribution in [3.8, 4) is 0 Å². The molecule has 0 aromatic carbocycles. The molecule has 1 aliphatic heterocycles. The minimum atomic E-state index is -0.00287. The largest absolute Gasteiger partial charge is 0.339 e. The third kappa shape index (κ3) is 2.95. The molecule has 0 spiro atoms. The van der Waals surface area contributed by atoms with Gasteiger partial charge < -0.3 is 14.0 Å². The molecule has 4 rings (SSSR count). The Hall–Kier alpha value is -2.77. The van der Waals surface area contributed by atoms with Crippen LogP contribution in [-0.4, -0.2) is 48.6 Å². The van der Waals surface area contributed by atoms with Crippen LogP contribution in [0.4, 0.5) is 0 Å². The first kappa shape index (κ1) is 16.7. The Labute approximate surface area is 151 Å². The fraction of sp³-hybridized carbons (Fsp3) is 0.500. The number of amides is 1. The van der Waals surface area contributed by atoms with Gasteiger partial charge in [-0.1, -0.05) is 19.0 Å². The van der Waals surface area contributed by atoms with Crippen LogP contribution in [0.25, 0.3) is 11.2 Å². The summed E-state index contributed by atoms with van der Waals surface area (Å²) in [5.41, 5.74) is 2.09. The number of piperidine rings is 1. The van der Waals surface area contributed by atoms with Crippen molar-refractivity contribution in [3.05, 3.63) is 35.9 Å². The molecule has 1 fully saturated rings. The van der Waals surface area contributed by atoms with Gasteiger partial charge >= 0.3 is 0 Å². The maximum absolute atomic E-state index is 12.8. The standard InChI is InChI=1S/C18H22N6O2/c1-11(2)15-21-17(26-22-15)12-4-6-24(7-5-12)18(25)13-8-14-16(19-9-13)23(3)10-20-14/h8-12H,4-7H2,1-3H3. The number of rotatable bonds is 3. The Kier molecular flexibility index (Phi) is 4.18. The number of fused-ring (bicyclic) bond motifs is 1. The molecule has 8 nitrogen and oxygen atoms in total. The lowest BCUT2D eigenvalue weighted by Crippen LogP contribution is -2.38. The van der Waals surface area contributed by atoms with Gasteiger partial charge in [-0.05, 0) is 18.9 Å². The third-order valence-electron chi connectivity index (χ3n) is 4.90. The van der Waals surface area contributed by atoms with Crippen molar-refractivity contribution in [2.45, 2.75) is 38.5 Å². The highest BCUT2D eigenvalue weighted by atomic mass is 16.5. The molecule has 0 radical (unpaired) electrons. The quantitative estimate of drug-likeness (QED) is 0.718. The average Bonchev–Trinajstić information content (AvgIpc) is 3.29. The monoisotopic (exact) mass is 354 g/mol. The summed E-state index contributed by atoms with van der Waals surface area (Å²) in [6.45, 7) is 5.43. The van der Waals surface area contributed by atoms with E-state index in [0.29, 0.717) is 24.5 Å². The molecule has 0 bridgehead atoms. The second-order valence-corrected chi connectivity index (χ2v) is 7.13. The van der Waals surface area contributed by atoms with Crippen LogP contribution in [0.5, 0.6) is 0 Å². The predicted octanol–water partition coefficient (Wildman–Crippen LogP) is 2.49. The lowest BCUT2D eigenvalue weighted by Gasteiger charge is -2.30. The minimum absolute atomic E-state index is 0.00287. The number of aryl methyl sites for hydroxylation is 1. The van der Waals surface area contributed by atoms with Crippen molar-refractivity contribution >= 4 is 17.1 Å². The topological polar surface area (TPSA) is 89.9 Å². The molecule has 0 N–H and O–H groups in total. The minimum Gasteiger partial charge on any atom is -0.339 e. The Balaban J connectivity index is 1.43. The molecular formula is C18H22N6O2. The second kappa shape index (κ2) is 6.51. The van der Waals surface area contributed by atoms with Crippen molar-refractivity contribution in [1.82, 2.24) is 29.6 Å². The van der Waals surface area contributed by atoms with E-state index in [1.54, 1.807) is 12.5 Å². The molecule has 0 atom stereocenters. The number of hydrogen-bond donors (Lipinski definition) is 0. The molecule has 3 aromatic rings. The van der Waals surface area contributed by atoms with Crippen LogP contribution in [0.15, 0.2) is 23.1 Å². The summed E-state index contributed by atoms with van der Waals surface area (Å²) < 4.78 is 7.25. The van der Waals surface area contributed by atoms with E-state index >= 15 is 0 Å². The van der Waals surface area contributed by atoms with Gasteiger partial charge in [-0.25, -0.2) is 9.97 Å². The van der Waals surface area contributed by atoms with Crippen LogP contribution in [0.1, 0.15) is 60.6 Å². The second-order valence-electron chi connectivity index (χ2n) is 7.13. The Morgan fingerprint density at radius 1 is 1.27 bits per heavy atom. The lowest BCUT2D eigenvalue weighted by molar-refractivity contribution is 0.0704. The first-order valence-electron chi connectivity index (χ1n) is 8.92. The highest BCUT2D eigenvalue weighted by molar-refractivity contribution is 5.96. The number of aromatic nitrogens is 5. The van der Waals surface area contributed by atoms with E-state index in [-0.39, 0.29) is 17.7 Å². The van der Waals surface area contributed by atoms with Crippen LogP contribution in [-0.2, 0) is 7.05 Å². The number of pyridine rings is 1. The van der Waals surface area contributed by atoms with Crippen LogP contribution in [0.2, 0.25) is 0 Å². The summed E-state index contributed by atoms with van der Waals surface area (Å²) in [4.78, 5) is 27.8. The number of likely N-dealkylation sites (tertiary alicyclic amines) is 1. The zero-order valence-electron chi connectivity index (χ0n) is 15.2. The molecule has 26 heavy (non-hydrogen) atoms. The Bertz CT molecular complexity index is 936. The van der Waals surface area contributed by atoms with Crippen molar-refractivity contribution in [2.24, 2.45) is 7.05 Å². The molecule has 0 aliphatic carbocycles. The third-order valence-corrected chi connectivity index (χ3v) is 4.90. The molecule has 136 valence electrons. The first-order chi connectivity index (χ1) is 12.5. The summed E-state index contributed by atoms with van der Waals surface area (Å²) in [6, 6.07) is 1.81. The molecule has 3 aromatic heterocycles. The fourth-order valence-corrected chi connectivity index (χ4v) is 3.29. The van der Waals surface area contributed by atoms with E-state index in [9.17, 15) is 4.79 Å². The predicted molar refractivity (Wildman–Crippen MR) is 94.8 cm³/mol. The van der Waals surface area contributed by atoms with Crippen molar-refractivity contribution in [2.75, 3.05) is 13.1 Å². The van der Waals surface area contributed by atoms with E-state index in [1.807, 2.05) is 36.4 Å². The van der Waals surface area contributed by atoms with E-state index in [1.165, 1.54) is 0 Å². The summed E-state index contributed by atoms with van der Waals surface area (Å²) in [7, 11) is 1.89. The lowest BCUT2D eigenvalue weighted by atomic mass is 9.96. The van der Waals surface area contributed by atoms with E-state index in [2.05, 4.69) is 20.1 Å². The van der Waals surface area contributed by atoms with Gasteiger partial charge in [0.15, 0.2) is 11.5 Å². The van der Waals surface area contributed by atoms with Gasteiger partial charge in [-0.15, -0.1) is 0 Å². The average molecular weight is 354 g/mol. The van der Waals surface area contributed by atoms with Crippen LogP contribution in [0.3, 0.4) is 0 Å². The van der Waals surface area contributed by atoms with Crippen LogP contribution in [0, 0.1) is 0 Å². The zero-order valence-corrected chi connectivity index (χ0v) is 15.2. The zero-order chi connectivity index (χ0) is 18.3. The van der Waals surface area contributed by atoms with Crippen molar-refractivity contribution < 1.29 is 9.32 Å². The summed E-state index contributed by atoms with van der Waals surface area (Å²) in [6.07, 6.45) is 4.98. The van der Waals surface area contributed by atoms with E-state index in [4.69, 9.17) is 4.52 Å². The molecular weight excluding hydrogens is 332 g/mol. The molecule has 1 saturated heterocycles. The SMILES string of the molecule is CC(C)c1noc(C2CCN(C(=O)c3cnc4c(c3)ncn4C)CC2)n1. The van der Waals surface area contributed by atoms with Gasteiger partial charge in [0.05, 0.1) is 11.9 Å². The van der Waals surface area contributed by atoms with Gasteiger partial charge in [-0.2, -0.15) is 4.98 Å². The molecule has 0 unspecified atom stereocenters. The maximum atomic E-state index is 12.8. The molecule has 1 aliphatic rings. The van der Waals surface area contributed by atoms with E-state index in [0.717, 1.165) is 29.8 Å². The van der Waals surface area contributed by atoms with Crippen molar-refractivity contribution in [3.63, 3.8) is 0 Å². The van der Waals surface area contributed by atoms with Gasteiger partial charge in [-0.3, -0.25) is 4.79 Å². The normalized spacial score (nSPS) is 15.9. The van der Waals surface area contributed by atoms with E-state index < -0.39 is 0 Å². The summed E-state index contributed by atoms with van der Waals surface area (Å²) >= 11 is 0. The van der Waals surface area contributed by atoms with Gasteiger partial charge in [0.2, 0.25) is 5.89 Å². The van der Waals surface area contributed by atoms with Gasteiger partial charge in [0, 0.05) is 38.2 Å². The number of imidazole rings is 1. The van der Waals surface area contributed by atoms with Crippen LogP contribution >= 0.6 is 0 Å². The fourth-order valence-electron chi connectivity index (χ4n) is 3.29. The number of hydrogen-bond acceptors (Lipinski definition) is 6. The molecule has 1 amide bonds. The number of nitrogens with zero attached hydrogens (tertiary/aromatic N) is 6. The Morgan fingerprint density at radius 3 is 2.73 bits per heavy atom. The molecule has 0 saturated carbocycles. The number of carbonyl (C=O) groups excluding carboxylic acids is 1. The molecule has 8 heteroatoms. The first-order valence-corrected chi connectivity index (χ1v) is 8.92. The van der Waals surface area contributed by atoms with Gasteiger partial charge in [0.25, 0.3) is 5.91 Å². The molecule has 4 heterocycles. The highest BCUT2D eigenvalue weighted by Gasteiger charge is 2.28. The number of carbonyl (C=O) groups is 1.